The van der Waals surface area contributed by atoms with Gasteiger partial charge in [0.2, 0.25) is 11.9 Å². The largest absolute Gasteiger partial charge is 0.444 e. The molecule has 1 saturated heterocycles. The maximum absolute atomic E-state index is 12.3. The number of carbonyl (C=O) groups is 1. The topological polar surface area (TPSA) is 96.7 Å². The first kappa shape index (κ1) is 22.1. The monoisotopic (exact) mass is 417 g/mol. The minimum absolute atomic E-state index is 0.195. The lowest BCUT2D eigenvalue weighted by atomic mass is 10.1. The van der Waals surface area contributed by atoms with Crippen LogP contribution in [0.25, 0.3) is 5.65 Å². The summed E-state index contributed by atoms with van der Waals surface area (Å²) >= 11 is 0. The van der Waals surface area contributed by atoms with Crippen molar-refractivity contribution in [2.75, 3.05) is 23.7 Å². The Kier molecular flexibility index (Phi) is 6.38. The number of ether oxygens (including phenoxy) is 1. The lowest BCUT2D eigenvalue weighted by Gasteiger charge is -2.33. The van der Waals surface area contributed by atoms with Crippen molar-refractivity contribution in [2.45, 2.75) is 84.9 Å². The van der Waals surface area contributed by atoms with E-state index in [1.165, 1.54) is 0 Å². The molecule has 30 heavy (non-hydrogen) atoms. The number of hydrogen-bond acceptors (Lipinski definition) is 7. The van der Waals surface area contributed by atoms with Gasteiger partial charge in [-0.3, -0.25) is 0 Å². The molecule has 1 amide bonds. The van der Waals surface area contributed by atoms with E-state index in [1.54, 1.807) is 9.42 Å². The molecule has 0 saturated carbocycles. The molecule has 2 aromatic rings. The fourth-order valence-electron chi connectivity index (χ4n) is 3.43. The second-order valence-corrected chi connectivity index (χ2v) is 9.55. The highest BCUT2D eigenvalue weighted by atomic mass is 16.6. The molecule has 2 aromatic heterocycles. The summed E-state index contributed by atoms with van der Waals surface area (Å²) in [6, 6.07) is 0.420. The molecule has 9 nitrogen and oxygen atoms in total. The molecule has 1 fully saturated rings. The third-order valence-corrected chi connectivity index (χ3v) is 4.92. The van der Waals surface area contributed by atoms with Crippen LogP contribution in [-0.4, -0.2) is 61.3 Å². The molecule has 0 atom stereocenters. The van der Waals surface area contributed by atoms with Crippen LogP contribution in [-0.2, 0) is 4.74 Å². The highest BCUT2D eigenvalue weighted by Gasteiger charge is 2.27. The normalized spacial score (nSPS) is 15.8. The van der Waals surface area contributed by atoms with Gasteiger partial charge in [-0.25, -0.2) is 4.79 Å². The maximum atomic E-state index is 12.3. The summed E-state index contributed by atoms with van der Waals surface area (Å²) in [7, 11) is 0. The number of nitrogens with zero attached hydrogens (tertiary/aromatic N) is 5. The number of nitrogens with one attached hydrogen (secondary N) is 2. The zero-order valence-electron chi connectivity index (χ0n) is 19.2. The maximum Gasteiger partial charge on any atom is 0.410 e. The minimum Gasteiger partial charge on any atom is -0.444 e. The van der Waals surface area contributed by atoms with Crippen LogP contribution in [0.3, 0.4) is 0 Å². The second-order valence-electron chi connectivity index (χ2n) is 9.55. The van der Waals surface area contributed by atoms with E-state index in [9.17, 15) is 4.79 Å². The fourth-order valence-corrected chi connectivity index (χ4v) is 3.43. The van der Waals surface area contributed by atoms with Gasteiger partial charge in [-0.05, 0) is 53.4 Å². The Balaban J connectivity index is 1.75. The lowest BCUT2D eigenvalue weighted by molar-refractivity contribution is 0.0210. The Bertz CT molecular complexity index is 877. The summed E-state index contributed by atoms with van der Waals surface area (Å²) in [6.45, 7) is 15.3. The molecule has 3 heterocycles. The Morgan fingerprint density at radius 3 is 2.40 bits per heavy atom. The molecule has 1 aliphatic rings. The van der Waals surface area contributed by atoms with Crippen LogP contribution in [0.5, 0.6) is 0 Å². The van der Waals surface area contributed by atoms with E-state index in [-0.39, 0.29) is 18.2 Å². The van der Waals surface area contributed by atoms with Gasteiger partial charge in [-0.15, -0.1) is 0 Å². The van der Waals surface area contributed by atoms with Crippen LogP contribution >= 0.6 is 0 Å². The highest BCUT2D eigenvalue weighted by Crippen LogP contribution is 2.24. The first-order valence-electron chi connectivity index (χ1n) is 10.8. The molecule has 0 radical (unpaired) electrons. The van der Waals surface area contributed by atoms with Crippen molar-refractivity contribution in [1.82, 2.24) is 24.5 Å². The number of likely N-dealkylation sites (tertiary alicyclic amines) is 1. The summed E-state index contributed by atoms with van der Waals surface area (Å²) in [4.78, 5) is 23.4. The number of rotatable bonds is 5. The van der Waals surface area contributed by atoms with E-state index < -0.39 is 5.60 Å². The zero-order chi connectivity index (χ0) is 22.1. The Morgan fingerprint density at radius 1 is 1.17 bits per heavy atom. The van der Waals surface area contributed by atoms with Crippen molar-refractivity contribution >= 4 is 23.6 Å². The summed E-state index contributed by atoms with van der Waals surface area (Å²) in [5, 5.41) is 11.4. The lowest BCUT2D eigenvalue weighted by Crippen LogP contribution is -2.44. The van der Waals surface area contributed by atoms with Gasteiger partial charge in [-0.2, -0.15) is 19.6 Å². The molecule has 3 rings (SSSR count). The van der Waals surface area contributed by atoms with Crippen molar-refractivity contribution in [3.63, 3.8) is 0 Å². The molecule has 0 aliphatic carbocycles. The summed E-state index contributed by atoms with van der Waals surface area (Å²) in [5.41, 5.74) is 1.43. The predicted molar refractivity (Wildman–Crippen MR) is 118 cm³/mol. The van der Waals surface area contributed by atoms with Crippen molar-refractivity contribution in [1.29, 1.82) is 0 Å². The van der Waals surface area contributed by atoms with Gasteiger partial charge in [0, 0.05) is 30.7 Å². The van der Waals surface area contributed by atoms with Gasteiger partial charge in [0.05, 0.1) is 6.20 Å². The first-order valence-corrected chi connectivity index (χ1v) is 10.8. The Morgan fingerprint density at radius 2 is 1.83 bits per heavy atom. The number of anilines is 2. The highest BCUT2D eigenvalue weighted by molar-refractivity contribution is 5.68. The average molecular weight is 418 g/mol. The third kappa shape index (κ3) is 5.31. The number of amides is 1. The summed E-state index contributed by atoms with van der Waals surface area (Å²) in [5.74, 6) is 1.58. The third-order valence-electron chi connectivity index (χ3n) is 4.92. The van der Waals surface area contributed by atoms with Crippen molar-refractivity contribution < 1.29 is 9.53 Å². The molecule has 0 spiro atoms. The number of fused-ring (bicyclic) bond motifs is 1. The van der Waals surface area contributed by atoms with Crippen molar-refractivity contribution in [2.24, 2.45) is 0 Å². The van der Waals surface area contributed by atoms with Gasteiger partial charge in [0.25, 0.3) is 0 Å². The Hall–Kier alpha value is -2.58. The van der Waals surface area contributed by atoms with Gasteiger partial charge in [0.15, 0.2) is 5.65 Å². The van der Waals surface area contributed by atoms with E-state index in [0.29, 0.717) is 30.9 Å². The van der Waals surface area contributed by atoms with Gasteiger partial charge >= 0.3 is 6.09 Å². The van der Waals surface area contributed by atoms with E-state index in [1.807, 2.05) is 27.0 Å². The molecule has 1 aliphatic heterocycles. The second kappa shape index (κ2) is 8.65. The first-order chi connectivity index (χ1) is 14.0. The number of aromatic nitrogens is 4. The average Bonchev–Trinajstić information content (AvgIpc) is 3.04. The smallest absolute Gasteiger partial charge is 0.410 e. The van der Waals surface area contributed by atoms with E-state index >= 15 is 0 Å². The SMILES string of the molecule is CC(C)Nc1nc(NC2CCN(C(=O)OC(C)(C)C)CC2)n2ncc(C(C)C)c2n1. The van der Waals surface area contributed by atoms with Crippen LogP contribution < -0.4 is 10.6 Å². The molecule has 2 N–H and O–H groups in total. The van der Waals surface area contributed by atoms with Crippen molar-refractivity contribution in [3.8, 4) is 0 Å². The van der Waals surface area contributed by atoms with Crippen LogP contribution in [0.1, 0.15) is 72.8 Å². The molecule has 166 valence electrons. The minimum atomic E-state index is -0.479. The van der Waals surface area contributed by atoms with Gasteiger partial charge in [0.1, 0.15) is 5.60 Å². The summed E-state index contributed by atoms with van der Waals surface area (Å²) < 4.78 is 7.27. The Labute approximate surface area is 178 Å². The number of piperidine rings is 1. The van der Waals surface area contributed by atoms with Crippen molar-refractivity contribution in [3.05, 3.63) is 11.8 Å². The number of hydrogen-bond donors (Lipinski definition) is 2. The standard InChI is InChI=1S/C21H35N7O2/c1-13(2)16-12-22-28-17(16)25-18(23-14(3)4)26-19(28)24-15-8-10-27(11-9-15)20(29)30-21(5,6)7/h12-15H,8-11H2,1-7H3,(H2,23,24,25,26). The quantitative estimate of drug-likeness (QED) is 0.762. The molecule has 0 unspecified atom stereocenters. The molecule has 0 aromatic carbocycles. The van der Waals surface area contributed by atoms with Gasteiger partial charge < -0.3 is 20.3 Å². The van der Waals surface area contributed by atoms with E-state index in [2.05, 4.69) is 53.4 Å². The van der Waals surface area contributed by atoms with Gasteiger partial charge in [-0.1, -0.05) is 13.8 Å². The van der Waals surface area contributed by atoms with Crippen LogP contribution in [0.4, 0.5) is 16.7 Å². The predicted octanol–water partition coefficient (Wildman–Crippen LogP) is 3.88. The van der Waals surface area contributed by atoms with E-state index in [4.69, 9.17) is 4.74 Å². The summed E-state index contributed by atoms with van der Waals surface area (Å²) in [6.07, 6.45) is 3.25. The molecular weight excluding hydrogens is 382 g/mol. The molecule has 9 heteroatoms. The molecular formula is C21H35N7O2. The van der Waals surface area contributed by atoms with Crippen LogP contribution in [0.15, 0.2) is 6.20 Å². The molecule has 0 bridgehead atoms. The van der Waals surface area contributed by atoms with E-state index in [0.717, 1.165) is 24.1 Å². The number of carbonyl (C=O) groups excluding carboxylic acids is 1. The van der Waals surface area contributed by atoms with Crippen LogP contribution in [0.2, 0.25) is 0 Å². The fraction of sp³-hybridized carbons (Fsp3) is 0.714. The van der Waals surface area contributed by atoms with Crippen LogP contribution in [0, 0.1) is 0 Å². The zero-order valence-corrected chi connectivity index (χ0v) is 19.2.